The summed E-state index contributed by atoms with van der Waals surface area (Å²) in [5.74, 6) is -0.744. The molecule has 9 nitrogen and oxygen atoms in total. The third-order valence-electron chi connectivity index (χ3n) is 5.66. The lowest BCUT2D eigenvalue weighted by atomic mass is 10.0. The fraction of sp³-hybridized carbons (Fsp3) is 0.300. The number of anilines is 2. The highest BCUT2D eigenvalue weighted by atomic mass is 35.5. The second-order valence-corrected chi connectivity index (χ2v) is 13.6. The van der Waals surface area contributed by atoms with Gasteiger partial charge in [-0.15, -0.1) is 11.3 Å². The molecule has 4 heterocycles. The molecule has 192 valence electrons. The summed E-state index contributed by atoms with van der Waals surface area (Å²) in [5, 5.41) is 6.36. The van der Waals surface area contributed by atoms with Gasteiger partial charge in [-0.2, -0.15) is 13.2 Å². The third-order valence-corrected chi connectivity index (χ3v) is 11.1. The summed E-state index contributed by atoms with van der Waals surface area (Å²) in [6, 6.07) is 4.44. The van der Waals surface area contributed by atoms with Crippen molar-refractivity contribution >= 4 is 54.4 Å². The largest absolute Gasteiger partial charge is 0.420 e. The number of rotatable bonds is 3. The summed E-state index contributed by atoms with van der Waals surface area (Å²) in [4.78, 5) is 6.95. The van der Waals surface area contributed by atoms with Crippen LogP contribution in [-0.2, 0) is 39.0 Å². The Morgan fingerprint density at radius 2 is 1.86 bits per heavy atom. The first-order chi connectivity index (χ1) is 16.8. The van der Waals surface area contributed by atoms with Crippen LogP contribution in [0.1, 0.15) is 16.7 Å². The van der Waals surface area contributed by atoms with E-state index in [0.717, 1.165) is 30.2 Å². The molecule has 2 aliphatic heterocycles. The summed E-state index contributed by atoms with van der Waals surface area (Å²) < 4.78 is 93.2. The van der Waals surface area contributed by atoms with Gasteiger partial charge in [-0.05, 0) is 42.3 Å². The second-order valence-electron chi connectivity index (χ2n) is 8.09. The molecular formula is C20H17ClF3N5O4S3. The van der Waals surface area contributed by atoms with Crippen LogP contribution in [0.5, 0.6) is 0 Å². The maximum absolute atomic E-state index is 13.8. The monoisotopic (exact) mass is 579 g/mol. The fourth-order valence-electron chi connectivity index (χ4n) is 3.92. The van der Waals surface area contributed by atoms with Crippen molar-refractivity contribution in [3.05, 3.63) is 46.1 Å². The fourth-order valence-corrected chi connectivity index (χ4v) is 9.21. The summed E-state index contributed by atoms with van der Waals surface area (Å²) in [6.07, 6.45) is -3.59. The molecule has 36 heavy (non-hydrogen) atoms. The summed E-state index contributed by atoms with van der Waals surface area (Å²) in [5.41, 5.74) is 0.510. The molecule has 0 unspecified atom stereocenters. The normalized spacial score (nSPS) is 18.7. The van der Waals surface area contributed by atoms with Gasteiger partial charge in [0.25, 0.3) is 10.0 Å². The van der Waals surface area contributed by atoms with Gasteiger partial charge in [0.05, 0.1) is 31.9 Å². The highest BCUT2D eigenvalue weighted by Crippen LogP contribution is 2.43. The van der Waals surface area contributed by atoms with Crippen molar-refractivity contribution in [2.45, 2.75) is 28.2 Å². The van der Waals surface area contributed by atoms with Gasteiger partial charge in [-0.3, -0.25) is 0 Å². The molecule has 1 aromatic carbocycles. The number of sulfonamides is 1. The van der Waals surface area contributed by atoms with Gasteiger partial charge in [0, 0.05) is 19.3 Å². The zero-order valence-corrected chi connectivity index (χ0v) is 21.3. The van der Waals surface area contributed by atoms with Gasteiger partial charge in [0.1, 0.15) is 5.56 Å². The number of thiophene rings is 1. The molecule has 2 aliphatic rings. The molecule has 3 N–H and O–H groups in total. The highest BCUT2D eigenvalue weighted by molar-refractivity contribution is 7.95. The highest BCUT2D eigenvalue weighted by Gasteiger charge is 2.39. The Balaban J connectivity index is 1.62. The van der Waals surface area contributed by atoms with Gasteiger partial charge in [-0.1, -0.05) is 11.6 Å². The molecule has 5 rings (SSSR count). The number of alkyl halides is 3. The third kappa shape index (κ3) is 4.70. The zero-order chi connectivity index (χ0) is 25.9. The van der Waals surface area contributed by atoms with Gasteiger partial charge in [-0.25, -0.2) is 31.5 Å². The predicted octanol–water partition coefficient (Wildman–Crippen LogP) is 3.33. The topological polar surface area (TPSA) is 130 Å². The summed E-state index contributed by atoms with van der Waals surface area (Å²) in [6.45, 7) is 1.06. The van der Waals surface area contributed by atoms with Crippen LogP contribution in [0.4, 0.5) is 24.8 Å². The van der Waals surface area contributed by atoms with E-state index < -0.39 is 52.2 Å². The Bertz CT molecular complexity index is 1540. The molecule has 0 aliphatic carbocycles. The van der Waals surface area contributed by atoms with Crippen LogP contribution in [-0.4, -0.2) is 45.6 Å². The quantitative estimate of drug-likeness (QED) is 0.431. The van der Waals surface area contributed by atoms with Crippen LogP contribution < -0.4 is 15.4 Å². The Labute approximate surface area is 213 Å². The van der Waals surface area contributed by atoms with E-state index in [1.807, 2.05) is 0 Å². The van der Waals surface area contributed by atoms with Gasteiger partial charge < -0.3 is 10.6 Å². The number of hydrogen-bond acceptors (Lipinski definition) is 9. The predicted molar refractivity (Wildman–Crippen MR) is 128 cm³/mol. The number of sulfone groups is 1. The van der Waals surface area contributed by atoms with Crippen molar-refractivity contribution in [2.24, 2.45) is 0 Å². The Kier molecular flexibility index (Phi) is 6.28. The number of fused-ring (bicyclic) bond motifs is 2. The summed E-state index contributed by atoms with van der Waals surface area (Å²) in [7, 11) is -8.28. The van der Waals surface area contributed by atoms with E-state index in [-0.39, 0.29) is 17.4 Å². The van der Waals surface area contributed by atoms with E-state index in [4.69, 9.17) is 11.6 Å². The molecule has 3 aromatic rings. The molecule has 0 radical (unpaired) electrons. The second kappa shape index (κ2) is 8.92. The first-order valence-corrected chi connectivity index (χ1v) is 14.8. The SMILES string of the molecule is O=S1(=O)CCNS(=O)(=O)c2sc(-c3nc(Nc4cc5c(cc4Cl)CNCC5)ncc3C(F)(F)F)cc21. The number of halogens is 4. The standard InChI is InChI=1S/C20H17ClF3N5O4S3/c21-13-5-11-8-25-2-1-10(11)6-14(13)28-19-26-9-12(20(22,23)24)17(29-19)15-7-16-18(34-15)36(32,33)27-3-4-35(16,30)31/h5-7,9,25,27H,1-4,8H2,(H,26,28,29). The lowest BCUT2D eigenvalue weighted by Gasteiger charge is -2.19. The minimum atomic E-state index is -4.89. The number of nitrogens with zero attached hydrogens (tertiary/aromatic N) is 2. The molecule has 0 saturated heterocycles. The molecule has 0 fully saturated rings. The number of aromatic nitrogens is 2. The van der Waals surface area contributed by atoms with Crippen LogP contribution in [0.2, 0.25) is 5.02 Å². The minimum Gasteiger partial charge on any atom is -0.323 e. The maximum atomic E-state index is 13.8. The van der Waals surface area contributed by atoms with Crippen LogP contribution in [0.25, 0.3) is 10.6 Å². The molecule has 0 spiro atoms. The van der Waals surface area contributed by atoms with Gasteiger partial charge >= 0.3 is 6.18 Å². The first-order valence-electron chi connectivity index (χ1n) is 10.4. The zero-order valence-electron chi connectivity index (χ0n) is 18.1. The molecular weight excluding hydrogens is 563 g/mol. The van der Waals surface area contributed by atoms with Crippen LogP contribution in [0.15, 0.2) is 33.5 Å². The van der Waals surface area contributed by atoms with Crippen LogP contribution in [0.3, 0.4) is 0 Å². The van der Waals surface area contributed by atoms with E-state index in [2.05, 4.69) is 25.3 Å². The number of hydrogen-bond donors (Lipinski definition) is 3. The van der Waals surface area contributed by atoms with E-state index in [0.29, 0.717) is 34.8 Å². The van der Waals surface area contributed by atoms with Gasteiger partial charge in [0.2, 0.25) is 5.95 Å². The van der Waals surface area contributed by atoms with E-state index in [9.17, 15) is 30.0 Å². The Morgan fingerprint density at radius 3 is 2.61 bits per heavy atom. The van der Waals surface area contributed by atoms with Crippen molar-refractivity contribution < 1.29 is 30.0 Å². The smallest absolute Gasteiger partial charge is 0.323 e. The Morgan fingerprint density at radius 1 is 1.08 bits per heavy atom. The molecule has 0 saturated carbocycles. The Hall–Kier alpha value is -2.30. The van der Waals surface area contributed by atoms with Gasteiger partial charge in [0.15, 0.2) is 14.0 Å². The summed E-state index contributed by atoms with van der Waals surface area (Å²) >= 11 is 6.75. The molecule has 16 heteroatoms. The van der Waals surface area contributed by atoms with Crippen molar-refractivity contribution in [2.75, 3.05) is 24.2 Å². The lowest BCUT2D eigenvalue weighted by molar-refractivity contribution is -0.137. The van der Waals surface area contributed by atoms with Crippen molar-refractivity contribution in [3.8, 4) is 10.6 Å². The van der Waals surface area contributed by atoms with Crippen molar-refractivity contribution in [1.29, 1.82) is 0 Å². The number of nitrogens with one attached hydrogen (secondary N) is 3. The van der Waals surface area contributed by atoms with Crippen LogP contribution >= 0.6 is 22.9 Å². The van der Waals surface area contributed by atoms with Crippen molar-refractivity contribution in [1.82, 2.24) is 20.0 Å². The average molecular weight is 580 g/mol. The average Bonchev–Trinajstić information content (AvgIpc) is 3.23. The van der Waals surface area contributed by atoms with E-state index in [1.165, 1.54) is 0 Å². The molecule has 2 aromatic heterocycles. The van der Waals surface area contributed by atoms with E-state index >= 15 is 0 Å². The first kappa shape index (κ1) is 25.4. The van der Waals surface area contributed by atoms with Crippen molar-refractivity contribution in [3.63, 3.8) is 0 Å². The molecule has 0 amide bonds. The molecule has 0 atom stereocenters. The van der Waals surface area contributed by atoms with Crippen LogP contribution in [0, 0.1) is 0 Å². The van der Waals surface area contributed by atoms with E-state index in [1.54, 1.807) is 12.1 Å². The number of benzene rings is 1. The molecule has 0 bridgehead atoms. The maximum Gasteiger partial charge on any atom is 0.420 e. The minimum absolute atomic E-state index is 0.221. The lowest BCUT2D eigenvalue weighted by Crippen LogP contribution is -2.24.